The van der Waals surface area contributed by atoms with Crippen LogP contribution < -0.4 is 5.32 Å². The highest BCUT2D eigenvalue weighted by molar-refractivity contribution is 6.03. The Morgan fingerprint density at radius 3 is 2.11 bits per heavy atom. The molecule has 5 heterocycles. The molecule has 2 saturated heterocycles. The molecule has 3 amide bonds. The van der Waals surface area contributed by atoms with Crippen LogP contribution >= 0.6 is 0 Å². The van der Waals surface area contributed by atoms with Crippen LogP contribution in [0, 0.1) is 23.2 Å². The number of hydrogen-bond acceptors (Lipinski definition) is 9. The highest BCUT2D eigenvalue weighted by atomic mass is 16.5. The van der Waals surface area contributed by atoms with E-state index in [4.69, 9.17) is 24.4 Å². The molecular weight excluding hydrogens is 819 g/mol. The second-order valence-electron chi connectivity index (χ2n) is 19.8. The Balaban J connectivity index is 0.938. The number of aromatic nitrogens is 3. The van der Waals surface area contributed by atoms with Gasteiger partial charge < -0.3 is 29.6 Å². The summed E-state index contributed by atoms with van der Waals surface area (Å²) in [6, 6.07) is 16.6. The number of benzene rings is 2. The van der Waals surface area contributed by atoms with Gasteiger partial charge in [0, 0.05) is 37.0 Å². The second-order valence-corrected chi connectivity index (χ2v) is 19.8. The zero-order chi connectivity index (χ0) is 45.6. The molecule has 65 heavy (non-hydrogen) atoms. The Morgan fingerprint density at radius 2 is 1.43 bits per heavy atom. The van der Waals surface area contributed by atoms with Crippen molar-refractivity contribution in [3.8, 4) is 22.4 Å². The topological polar surface area (TPSA) is 159 Å². The fourth-order valence-electron chi connectivity index (χ4n) is 11.5. The summed E-state index contributed by atoms with van der Waals surface area (Å²) in [6.45, 7) is 9.09. The van der Waals surface area contributed by atoms with Gasteiger partial charge in [0.15, 0.2) is 5.65 Å². The van der Waals surface area contributed by atoms with Crippen LogP contribution in [0.3, 0.4) is 0 Å². The third-order valence-corrected chi connectivity index (χ3v) is 15.1. The zero-order valence-electron chi connectivity index (χ0n) is 38.7. The summed E-state index contributed by atoms with van der Waals surface area (Å²) in [6.07, 6.45) is 12.7. The summed E-state index contributed by atoms with van der Waals surface area (Å²) in [5.41, 5.74) is 12.4. The highest BCUT2D eigenvalue weighted by Gasteiger charge is 2.43. The lowest BCUT2D eigenvalue weighted by Crippen LogP contribution is -2.51. The average molecular weight is 882 g/mol. The Labute approximate surface area is 381 Å². The van der Waals surface area contributed by atoms with Crippen LogP contribution in [-0.4, -0.2) is 93.7 Å². The molecule has 4 atom stereocenters. The van der Waals surface area contributed by atoms with Crippen LogP contribution in [0.15, 0.2) is 59.7 Å². The number of amides is 3. The SMILES string of the molecule is COC(=O)C[C@H](C(=O)N1CCC[C@H]1C1=NC=C(c2ccc(-c3ccc(-c4ccc5[nH]c([C@@H]6CCCN6C(=O)[C@@H](NC(=O)OC)C(C)C)nc5n4)c4c3CC3(CCCC3)C4)cc2)C1)C(C)C. The first-order valence-corrected chi connectivity index (χ1v) is 23.8. The summed E-state index contributed by atoms with van der Waals surface area (Å²) in [5, 5.41) is 2.74. The predicted molar refractivity (Wildman–Crippen MR) is 251 cm³/mol. The van der Waals surface area contributed by atoms with E-state index in [1.807, 2.05) is 43.7 Å². The number of hydrogen-bond donors (Lipinski definition) is 2. The number of fused-ring (bicyclic) bond motifs is 2. The van der Waals surface area contributed by atoms with Gasteiger partial charge in [-0.25, -0.2) is 14.8 Å². The van der Waals surface area contributed by atoms with Crippen molar-refractivity contribution >= 4 is 46.3 Å². The van der Waals surface area contributed by atoms with E-state index in [0.717, 1.165) is 72.1 Å². The smallest absolute Gasteiger partial charge is 0.407 e. The lowest BCUT2D eigenvalue weighted by atomic mass is 9.82. The molecule has 0 radical (unpaired) electrons. The van der Waals surface area contributed by atoms with E-state index in [-0.39, 0.29) is 53.5 Å². The van der Waals surface area contributed by atoms with Gasteiger partial charge in [0.2, 0.25) is 11.8 Å². The average Bonchev–Trinajstić information content (AvgIpc) is 4.17. The van der Waals surface area contributed by atoms with Crippen molar-refractivity contribution in [2.75, 3.05) is 27.3 Å². The van der Waals surface area contributed by atoms with Crippen LogP contribution in [0.2, 0.25) is 0 Å². The van der Waals surface area contributed by atoms with Crippen molar-refractivity contribution < 1.29 is 28.7 Å². The Kier molecular flexibility index (Phi) is 12.4. The number of aromatic amines is 1. The lowest BCUT2D eigenvalue weighted by molar-refractivity contribution is -0.148. The molecule has 2 aromatic heterocycles. The van der Waals surface area contributed by atoms with E-state index in [0.29, 0.717) is 31.0 Å². The van der Waals surface area contributed by atoms with Gasteiger partial charge in [0.05, 0.1) is 49.9 Å². The number of nitrogens with zero attached hydrogens (tertiary/aromatic N) is 5. The number of alkyl carbamates (subject to hydrolysis) is 1. The molecule has 342 valence electrons. The molecule has 0 unspecified atom stereocenters. The van der Waals surface area contributed by atoms with Gasteiger partial charge in [-0.1, -0.05) is 76.9 Å². The van der Waals surface area contributed by atoms with Crippen molar-refractivity contribution in [3.63, 3.8) is 0 Å². The maximum Gasteiger partial charge on any atom is 0.407 e. The molecule has 13 nitrogen and oxygen atoms in total. The van der Waals surface area contributed by atoms with Crippen LogP contribution in [0.1, 0.15) is 120 Å². The van der Waals surface area contributed by atoms with E-state index in [1.165, 1.54) is 62.2 Å². The largest absolute Gasteiger partial charge is 0.469 e. The lowest BCUT2D eigenvalue weighted by Gasteiger charge is -2.30. The molecule has 9 rings (SSSR count). The maximum atomic E-state index is 13.8. The first-order valence-electron chi connectivity index (χ1n) is 23.8. The van der Waals surface area contributed by atoms with Gasteiger partial charge in [-0.3, -0.25) is 19.4 Å². The first-order chi connectivity index (χ1) is 31.4. The van der Waals surface area contributed by atoms with E-state index in [1.54, 1.807) is 0 Å². The van der Waals surface area contributed by atoms with Crippen molar-refractivity contribution in [3.05, 3.63) is 77.2 Å². The summed E-state index contributed by atoms with van der Waals surface area (Å²) >= 11 is 0. The molecule has 2 aromatic carbocycles. The third kappa shape index (κ3) is 8.58. The fraction of sp³-hybridized carbons (Fsp3) is 0.519. The molecule has 4 aromatic rings. The van der Waals surface area contributed by atoms with Crippen LogP contribution in [0.4, 0.5) is 4.79 Å². The highest BCUT2D eigenvalue weighted by Crippen LogP contribution is 2.53. The molecule has 2 aliphatic carbocycles. The van der Waals surface area contributed by atoms with Gasteiger partial charge in [0.1, 0.15) is 11.9 Å². The number of nitrogens with one attached hydrogen (secondary N) is 2. The monoisotopic (exact) mass is 881 g/mol. The molecule has 3 aliphatic heterocycles. The normalized spacial score (nSPS) is 21.0. The third-order valence-electron chi connectivity index (χ3n) is 15.1. The number of imidazole rings is 1. The Hall–Kier alpha value is -5.85. The minimum absolute atomic E-state index is 0.0202. The number of carbonyl (C=O) groups is 4. The number of ether oxygens (including phenoxy) is 2. The number of H-pyrrole nitrogens is 1. The van der Waals surface area contributed by atoms with E-state index in [2.05, 4.69) is 58.8 Å². The number of likely N-dealkylation sites (tertiary alicyclic amines) is 2. The number of methoxy groups -OCH3 is 2. The fourth-order valence-corrected chi connectivity index (χ4v) is 11.5. The van der Waals surface area contributed by atoms with Crippen molar-refractivity contribution in [2.45, 2.75) is 123 Å². The van der Waals surface area contributed by atoms with Crippen LogP contribution in [0.25, 0.3) is 39.1 Å². The van der Waals surface area contributed by atoms with Crippen LogP contribution in [0.5, 0.6) is 0 Å². The minimum atomic E-state index is -0.700. The number of carbonyl (C=O) groups excluding carboxylic acids is 4. The van der Waals surface area contributed by atoms with Gasteiger partial charge in [-0.2, -0.15) is 0 Å². The number of rotatable bonds is 12. The van der Waals surface area contributed by atoms with Crippen molar-refractivity contribution in [1.82, 2.24) is 30.1 Å². The predicted octanol–water partition coefficient (Wildman–Crippen LogP) is 9.01. The molecule has 0 bridgehead atoms. The first kappa shape index (κ1) is 44.4. The van der Waals surface area contributed by atoms with E-state index < -0.39 is 18.1 Å². The number of aliphatic imine (C=N–C) groups is 1. The van der Waals surface area contributed by atoms with Crippen LogP contribution in [-0.2, 0) is 36.7 Å². The standard InChI is InChI=1S/C52H63N7O6/c1-30(2)37(26-45(60)64-5)49(61)58-23-9-11-43(58)42-25-34(29-53-42)32-13-15-33(16-14-32)35-17-18-36(39-28-52(27-38(35)39)21-7-8-22-52)40-19-20-41-47(54-40)57-48(55-41)44-12-10-24-59(44)50(62)46(31(3)4)56-51(63)65-6/h13-20,29-31,37,43-44,46H,7-12,21-28H2,1-6H3,(H,56,63)(H,54,55,57)/t37-,43-,44-,46-/m0/s1. The molecule has 2 N–H and O–H groups in total. The molecule has 1 spiro atoms. The van der Waals surface area contributed by atoms with Crippen molar-refractivity contribution in [1.29, 1.82) is 0 Å². The number of allylic oxidation sites excluding steroid dienone is 1. The second kappa shape index (κ2) is 18.2. The number of esters is 1. The Bertz CT molecular complexity index is 2550. The summed E-state index contributed by atoms with van der Waals surface area (Å²) in [7, 11) is 2.68. The van der Waals surface area contributed by atoms with Gasteiger partial charge >= 0.3 is 12.1 Å². The quantitative estimate of drug-likeness (QED) is 0.134. The minimum Gasteiger partial charge on any atom is -0.469 e. The summed E-state index contributed by atoms with van der Waals surface area (Å²) in [5.74, 6) is -0.258. The Morgan fingerprint density at radius 1 is 0.769 bits per heavy atom. The van der Waals surface area contributed by atoms with Gasteiger partial charge in [-0.05, 0) is 114 Å². The maximum absolute atomic E-state index is 13.8. The van der Waals surface area contributed by atoms with Gasteiger partial charge in [0.25, 0.3) is 0 Å². The molecule has 13 heteroatoms. The molecule has 3 fully saturated rings. The molecule has 5 aliphatic rings. The summed E-state index contributed by atoms with van der Waals surface area (Å²) < 4.78 is 9.74. The van der Waals surface area contributed by atoms with Gasteiger partial charge in [-0.15, -0.1) is 0 Å². The van der Waals surface area contributed by atoms with E-state index >= 15 is 0 Å². The summed E-state index contributed by atoms with van der Waals surface area (Å²) in [4.78, 5) is 74.3. The van der Waals surface area contributed by atoms with E-state index in [9.17, 15) is 19.2 Å². The number of pyridine rings is 1. The molecular formula is C52H63N7O6. The van der Waals surface area contributed by atoms with Crippen molar-refractivity contribution in [2.24, 2.45) is 28.2 Å². The zero-order valence-corrected chi connectivity index (χ0v) is 38.7. The molecule has 1 saturated carbocycles.